The van der Waals surface area contributed by atoms with Gasteiger partial charge in [-0.25, -0.2) is 0 Å². The zero-order chi connectivity index (χ0) is 67.5. The van der Waals surface area contributed by atoms with Gasteiger partial charge in [-0.1, -0.05) is 157 Å². The van der Waals surface area contributed by atoms with Gasteiger partial charge in [-0.2, -0.15) is 0 Å². The Bertz CT molecular complexity index is 4090. The van der Waals surface area contributed by atoms with Crippen molar-refractivity contribution >= 4 is 51.4 Å². The minimum Gasteiger partial charge on any atom is -0.457 e. The molecule has 0 radical (unpaired) electrons. The Kier molecular flexibility index (Phi) is 18.0. The molecular weight excluding hydrogens is 1310 g/mol. The van der Waals surface area contributed by atoms with Crippen molar-refractivity contribution < 1.29 is 66.7 Å². The molecular formula is C80H80BrN3O14. The van der Waals surface area contributed by atoms with Crippen molar-refractivity contribution in [3.8, 4) is 46.0 Å². The summed E-state index contributed by atoms with van der Waals surface area (Å²) >= 11 is 3.99. The molecule has 7 aromatic carbocycles. The van der Waals surface area contributed by atoms with Crippen LogP contribution >= 0.6 is 15.9 Å². The minimum absolute atomic E-state index is 0.211. The second-order valence-corrected chi connectivity index (χ2v) is 27.5. The van der Waals surface area contributed by atoms with Crippen molar-refractivity contribution in [3.63, 3.8) is 0 Å². The molecule has 17 nitrogen and oxygen atoms in total. The molecule has 8 bridgehead atoms. The fourth-order valence-electron chi connectivity index (χ4n) is 16.5. The first-order chi connectivity index (χ1) is 48.0. The van der Waals surface area contributed by atoms with E-state index in [9.17, 15) is 28.8 Å². The van der Waals surface area contributed by atoms with E-state index < -0.39 is 72.7 Å². The Balaban J connectivity index is 1.09. The lowest BCUT2D eigenvalue weighted by Gasteiger charge is -2.38. The molecule has 18 heteroatoms. The molecule has 4 atom stereocenters. The normalized spacial score (nSPS) is 18.8. The average molecular weight is 1390 g/mol. The molecule has 7 aliphatic heterocycles. The first-order valence-electron chi connectivity index (χ1n) is 35.2. The molecule has 4 unspecified atom stereocenters. The number of hydrogen-bond acceptors (Lipinski definition) is 14. The Morgan fingerprint density at radius 3 is 0.684 bits per heavy atom. The van der Waals surface area contributed by atoms with Crippen LogP contribution in [-0.4, -0.2) is 77.3 Å². The van der Waals surface area contributed by atoms with Gasteiger partial charge in [-0.05, 0) is 86.3 Å². The van der Waals surface area contributed by atoms with Crippen LogP contribution in [0.2, 0.25) is 0 Å². The maximum Gasteiger partial charge on any atom is 0.261 e. The first-order valence-corrected chi connectivity index (χ1v) is 36.3. The number of hydrogen-bond donors (Lipinski definition) is 0. The van der Waals surface area contributed by atoms with Crippen molar-refractivity contribution in [2.45, 2.75) is 179 Å². The van der Waals surface area contributed by atoms with Crippen LogP contribution in [-0.2, 0) is 25.0 Å². The summed E-state index contributed by atoms with van der Waals surface area (Å²) in [6.07, 6.45) is 12.8. The van der Waals surface area contributed by atoms with Gasteiger partial charge in [-0.15, -0.1) is 0 Å². The minimum atomic E-state index is -0.555. The Morgan fingerprint density at radius 2 is 0.500 bits per heavy atom. The summed E-state index contributed by atoms with van der Waals surface area (Å²) in [5.74, 6) is -0.989. The van der Waals surface area contributed by atoms with Crippen molar-refractivity contribution in [2.75, 3.05) is 27.2 Å². The molecule has 8 aliphatic rings. The van der Waals surface area contributed by atoms with E-state index in [-0.39, 0.29) is 44.3 Å². The molecule has 0 N–H and O–H groups in total. The van der Waals surface area contributed by atoms with E-state index in [2.05, 4.69) is 67.9 Å². The van der Waals surface area contributed by atoms with E-state index in [1.807, 2.05) is 0 Å². The van der Waals surface area contributed by atoms with Crippen molar-refractivity contribution in [1.29, 1.82) is 0 Å². The van der Waals surface area contributed by atoms with Crippen LogP contribution in [0.3, 0.4) is 0 Å². The summed E-state index contributed by atoms with van der Waals surface area (Å²) in [5, 5.41) is 0.329. The van der Waals surface area contributed by atoms with Crippen molar-refractivity contribution in [3.05, 3.63) is 197 Å². The molecule has 0 aromatic heterocycles. The molecule has 7 aromatic rings. The number of unbranched alkanes of at least 4 members (excludes halogenated alkanes) is 8. The smallest absolute Gasteiger partial charge is 0.261 e. The number of ether oxygens (including phenoxy) is 8. The molecule has 506 valence electrons. The Hall–Kier alpha value is -9.16. The molecule has 98 heavy (non-hydrogen) atoms. The third-order valence-corrected chi connectivity index (χ3v) is 21.8. The number of halogens is 1. The third kappa shape index (κ3) is 10.9. The summed E-state index contributed by atoms with van der Waals surface area (Å²) in [7, 11) is 0. The van der Waals surface area contributed by atoms with Crippen LogP contribution in [0.1, 0.15) is 283 Å². The van der Waals surface area contributed by atoms with Crippen LogP contribution in [0.5, 0.6) is 46.0 Å². The molecule has 0 fully saturated rings. The quantitative estimate of drug-likeness (QED) is 0.0334. The standard InChI is InChI=1S/C80H80BrN3O14/c1-5-9-13-23-45-55-33-56-46(24-14-10-6-2)58-35-60-48(26-16-12-8-4)62-36-61-47(25-15-11-7-3)59-34-57(45)69-64(38-82-75(85)49-27-17-18-28-50(49)76(82)86)71(59)95-43-97-73(61)66(40-84-79(89)53-31-21-22-32-54(53)80(84)90)74(62)98-44-96-72(60)65(39-83-77(87)51-29-19-20-30-52(51)78(83)88)70(58)94-42-92-68(56)63(37-81)67(55)91-41-93-69/h17-22,27-36,45-48H,5-16,23-26,37-44H2,1-4H3. The second-order valence-electron chi connectivity index (χ2n) is 26.9. The fourth-order valence-corrected chi connectivity index (χ4v) is 17.0. The summed E-state index contributed by atoms with van der Waals surface area (Å²) in [5.41, 5.74) is 10.6. The van der Waals surface area contributed by atoms with Gasteiger partial charge in [0, 0.05) is 79.1 Å². The van der Waals surface area contributed by atoms with E-state index in [0.717, 1.165) is 127 Å². The number of amides is 6. The average Bonchev–Trinajstić information content (AvgIpc) is 0.732. The predicted molar refractivity (Wildman–Crippen MR) is 369 cm³/mol. The van der Waals surface area contributed by atoms with Gasteiger partial charge in [-0.3, -0.25) is 43.5 Å². The lowest BCUT2D eigenvalue weighted by atomic mass is 9.74. The maximum atomic E-state index is 14.9. The highest BCUT2D eigenvalue weighted by molar-refractivity contribution is 9.08. The molecule has 6 amide bonds. The van der Waals surface area contributed by atoms with E-state index in [4.69, 9.17) is 37.9 Å². The van der Waals surface area contributed by atoms with Crippen LogP contribution in [0.25, 0.3) is 0 Å². The SMILES string of the molecule is CCCCCC1c2cc3c4c(CBr)c2OCOc2c1cc1c(c2CN2C(=O)c5ccccc5C2=O)OCOc2c(cc5c(c2CN2C(=O)c6ccccc6C2=O)OCOc2c(cc(c(c2CN2C(=O)c6ccccc6C2=O)OCO4)C3CCCCC)C5CCCCC)C1CCCCC. The number of imide groups is 3. The van der Waals surface area contributed by atoms with Gasteiger partial charge < -0.3 is 37.9 Å². The number of benzene rings is 7. The van der Waals surface area contributed by atoms with E-state index in [1.165, 1.54) is 14.7 Å². The highest BCUT2D eigenvalue weighted by Gasteiger charge is 2.46. The predicted octanol–water partition coefficient (Wildman–Crippen LogP) is 17.0. The van der Waals surface area contributed by atoms with Gasteiger partial charge >= 0.3 is 0 Å². The van der Waals surface area contributed by atoms with Crippen LogP contribution in [0, 0.1) is 0 Å². The number of fused-ring (bicyclic) bond motifs is 3. The van der Waals surface area contributed by atoms with Gasteiger partial charge in [0.05, 0.1) is 69.7 Å². The maximum absolute atomic E-state index is 14.9. The highest BCUT2D eigenvalue weighted by atomic mass is 79.9. The number of carbonyl (C=O) groups excluding carboxylic acids is 6. The highest BCUT2D eigenvalue weighted by Crippen LogP contribution is 2.60. The monoisotopic (exact) mass is 1390 g/mol. The van der Waals surface area contributed by atoms with Crippen LogP contribution in [0.15, 0.2) is 97.1 Å². The largest absolute Gasteiger partial charge is 0.457 e. The van der Waals surface area contributed by atoms with E-state index in [1.54, 1.807) is 72.8 Å². The van der Waals surface area contributed by atoms with E-state index >= 15 is 0 Å². The Labute approximate surface area is 579 Å². The van der Waals surface area contributed by atoms with Gasteiger partial charge in [0.2, 0.25) is 27.2 Å². The second kappa shape index (κ2) is 27.3. The molecule has 1 aliphatic carbocycles. The molecule has 0 spiro atoms. The number of nitrogens with zero attached hydrogens (tertiary/aromatic N) is 3. The summed E-state index contributed by atoms with van der Waals surface area (Å²) in [6, 6.07) is 29.7. The summed E-state index contributed by atoms with van der Waals surface area (Å²) < 4.78 is 57.1. The third-order valence-electron chi connectivity index (χ3n) is 21.3. The number of carbonyl (C=O) groups is 6. The van der Waals surface area contributed by atoms with Crippen molar-refractivity contribution in [2.24, 2.45) is 0 Å². The Morgan fingerprint density at radius 1 is 0.306 bits per heavy atom. The topological polar surface area (TPSA) is 186 Å². The molecule has 7 heterocycles. The van der Waals surface area contributed by atoms with Gasteiger partial charge in [0.25, 0.3) is 35.4 Å². The molecule has 15 rings (SSSR count). The lowest BCUT2D eigenvalue weighted by molar-refractivity contribution is 0.0616. The zero-order valence-electron chi connectivity index (χ0n) is 56.0. The number of alkyl halides is 1. The first kappa shape index (κ1) is 64.8. The molecule has 0 saturated heterocycles. The molecule has 0 saturated carbocycles. The lowest BCUT2D eigenvalue weighted by Crippen LogP contribution is -2.32. The van der Waals surface area contributed by atoms with Crippen LogP contribution in [0.4, 0.5) is 0 Å². The van der Waals surface area contributed by atoms with Gasteiger partial charge in [0.1, 0.15) is 46.0 Å². The van der Waals surface area contributed by atoms with Crippen molar-refractivity contribution in [1.82, 2.24) is 14.7 Å². The summed E-state index contributed by atoms with van der Waals surface area (Å²) in [4.78, 5) is 93.2. The van der Waals surface area contributed by atoms with E-state index in [0.29, 0.717) is 116 Å². The van der Waals surface area contributed by atoms with Crippen LogP contribution < -0.4 is 37.9 Å². The number of rotatable bonds is 23. The van der Waals surface area contributed by atoms with Gasteiger partial charge in [0.15, 0.2) is 0 Å². The fraction of sp³-hybridized carbons (Fsp3) is 0.400. The zero-order valence-corrected chi connectivity index (χ0v) is 57.5. The summed E-state index contributed by atoms with van der Waals surface area (Å²) in [6.45, 7) is 6.72.